The number of piperidine rings is 1. The third-order valence-electron chi connectivity index (χ3n) is 3.99. The van der Waals surface area contributed by atoms with Crippen molar-refractivity contribution < 1.29 is 4.79 Å². The zero-order valence-electron chi connectivity index (χ0n) is 10.9. The predicted octanol–water partition coefficient (Wildman–Crippen LogP) is 3.38. The van der Waals surface area contributed by atoms with Crippen molar-refractivity contribution in [2.75, 3.05) is 0 Å². The second-order valence-electron chi connectivity index (χ2n) is 5.41. The van der Waals surface area contributed by atoms with E-state index in [1.807, 2.05) is 6.07 Å². The number of nitrogens with one attached hydrogen (secondary N) is 2. The van der Waals surface area contributed by atoms with E-state index in [4.69, 9.17) is 11.6 Å². The van der Waals surface area contributed by atoms with Gasteiger partial charge in [-0.3, -0.25) is 4.79 Å². The van der Waals surface area contributed by atoms with E-state index in [9.17, 15) is 4.79 Å². The Hall–Kier alpha value is -0.0400. The topological polar surface area (TPSA) is 41.1 Å². The van der Waals surface area contributed by atoms with Crippen LogP contribution in [-0.2, 0) is 0 Å². The van der Waals surface area contributed by atoms with Crippen molar-refractivity contribution in [3.05, 3.63) is 32.4 Å². The van der Waals surface area contributed by atoms with Gasteiger partial charge in [-0.15, -0.1) is 12.4 Å². The number of amides is 1. The van der Waals surface area contributed by atoms with Crippen molar-refractivity contribution in [3.63, 3.8) is 0 Å². The lowest BCUT2D eigenvalue weighted by Crippen LogP contribution is -2.48. The SMILES string of the molecule is Cl.O=C(NC1CC2CCC(C1)N2)c1ccc(Cl)c(I)c1. The Bertz CT molecular complexity index is 500. The van der Waals surface area contributed by atoms with Gasteiger partial charge in [0.25, 0.3) is 5.91 Å². The number of halogens is 3. The summed E-state index contributed by atoms with van der Waals surface area (Å²) in [4.78, 5) is 12.2. The Balaban J connectivity index is 0.00000147. The van der Waals surface area contributed by atoms with Gasteiger partial charge in [0.2, 0.25) is 0 Å². The molecule has 2 N–H and O–H groups in total. The molecule has 1 aromatic rings. The van der Waals surface area contributed by atoms with Crippen LogP contribution in [-0.4, -0.2) is 24.0 Å². The van der Waals surface area contributed by atoms with E-state index < -0.39 is 0 Å². The normalized spacial score (nSPS) is 27.8. The van der Waals surface area contributed by atoms with Crippen LogP contribution in [0, 0.1) is 3.57 Å². The summed E-state index contributed by atoms with van der Waals surface area (Å²) >= 11 is 8.12. The number of fused-ring (bicyclic) bond motifs is 2. The van der Waals surface area contributed by atoms with Gasteiger partial charge in [0.05, 0.1) is 5.02 Å². The Morgan fingerprint density at radius 1 is 1.30 bits per heavy atom. The van der Waals surface area contributed by atoms with Crippen molar-refractivity contribution >= 4 is 52.5 Å². The quantitative estimate of drug-likeness (QED) is 0.711. The minimum atomic E-state index is 0. The van der Waals surface area contributed by atoms with Crippen molar-refractivity contribution in [1.82, 2.24) is 10.6 Å². The summed E-state index contributed by atoms with van der Waals surface area (Å²) in [6, 6.07) is 6.90. The highest BCUT2D eigenvalue weighted by molar-refractivity contribution is 14.1. The molecule has 3 rings (SSSR count). The zero-order valence-corrected chi connectivity index (χ0v) is 14.6. The second kappa shape index (κ2) is 6.81. The molecule has 2 heterocycles. The second-order valence-corrected chi connectivity index (χ2v) is 6.98. The average molecular weight is 427 g/mol. The molecule has 0 spiro atoms. The Morgan fingerprint density at radius 2 is 1.95 bits per heavy atom. The molecule has 0 saturated carbocycles. The molecule has 0 aromatic heterocycles. The number of rotatable bonds is 2. The molecule has 0 radical (unpaired) electrons. The standard InChI is InChI=1S/C14H16ClIN2O.ClH/c15-12-4-1-8(5-13(12)16)14(19)18-11-6-9-2-3-10(7-11)17-9;/h1,4-5,9-11,17H,2-3,6-7H2,(H,18,19);1H. The fraction of sp³-hybridized carbons (Fsp3) is 0.500. The molecule has 1 aromatic carbocycles. The first kappa shape index (κ1) is 16.3. The van der Waals surface area contributed by atoms with Crippen molar-refractivity contribution in [1.29, 1.82) is 0 Å². The largest absolute Gasteiger partial charge is 0.349 e. The number of hydrogen-bond donors (Lipinski definition) is 2. The average Bonchev–Trinajstić information content (AvgIpc) is 2.72. The van der Waals surface area contributed by atoms with E-state index in [1.54, 1.807) is 12.1 Å². The molecule has 0 aliphatic carbocycles. The fourth-order valence-corrected chi connectivity index (χ4v) is 3.71. The first-order valence-corrected chi connectivity index (χ1v) is 8.09. The summed E-state index contributed by atoms with van der Waals surface area (Å²) in [6.07, 6.45) is 4.59. The molecule has 2 bridgehead atoms. The summed E-state index contributed by atoms with van der Waals surface area (Å²) in [5.74, 6) is 0.0147. The maximum Gasteiger partial charge on any atom is 0.251 e. The molecule has 2 unspecified atom stereocenters. The van der Waals surface area contributed by atoms with Crippen LogP contribution < -0.4 is 10.6 Å². The molecule has 2 aliphatic rings. The molecule has 110 valence electrons. The molecule has 2 atom stereocenters. The molecular weight excluding hydrogens is 410 g/mol. The predicted molar refractivity (Wildman–Crippen MR) is 91.9 cm³/mol. The lowest BCUT2D eigenvalue weighted by molar-refractivity contribution is 0.0924. The summed E-state index contributed by atoms with van der Waals surface area (Å²) in [5, 5.41) is 7.43. The molecular formula is C14H17Cl2IN2O. The summed E-state index contributed by atoms with van der Waals surface area (Å²) in [5.41, 5.74) is 0.694. The third kappa shape index (κ3) is 3.59. The first-order valence-electron chi connectivity index (χ1n) is 6.64. The van der Waals surface area contributed by atoms with Crippen molar-refractivity contribution in [2.24, 2.45) is 0 Å². The van der Waals surface area contributed by atoms with Gasteiger partial charge in [-0.25, -0.2) is 0 Å². The van der Waals surface area contributed by atoms with Gasteiger partial charge in [-0.05, 0) is 66.5 Å². The van der Waals surface area contributed by atoms with Crippen LogP contribution in [0.1, 0.15) is 36.0 Å². The van der Waals surface area contributed by atoms with Gasteiger partial charge in [-0.2, -0.15) is 0 Å². The van der Waals surface area contributed by atoms with Gasteiger partial charge in [0.1, 0.15) is 0 Å². The third-order valence-corrected chi connectivity index (χ3v) is 5.53. The lowest BCUT2D eigenvalue weighted by Gasteiger charge is -2.29. The number of benzene rings is 1. The van der Waals surface area contributed by atoms with Crippen LogP contribution in [0.5, 0.6) is 0 Å². The van der Waals surface area contributed by atoms with Gasteiger partial charge in [0.15, 0.2) is 0 Å². The Morgan fingerprint density at radius 3 is 2.55 bits per heavy atom. The van der Waals surface area contributed by atoms with Gasteiger partial charge >= 0.3 is 0 Å². The maximum atomic E-state index is 12.2. The van der Waals surface area contributed by atoms with E-state index in [1.165, 1.54) is 12.8 Å². The molecule has 20 heavy (non-hydrogen) atoms. The smallest absolute Gasteiger partial charge is 0.251 e. The molecule has 2 aliphatic heterocycles. The van der Waals surface area contributed by atoms with Crippen LogP contribution in [0.15, 0.2) is 18.2 Å². The van der Waals surface area contributed by atoms with Gasteiger partial charge in [-0.1, -0.05) is 11.6 Å². The monoisotopic (exact) mass is 426 g/mol. The van der Waals surface area contributed by atoms with E-state index >= 15 is 0 Å². The summed E-state index contributed by atoms with van der Waals surface area (Å²) < 4.78 is 0.914. The molecule has 6 heteroatoms. The highest BCUT2D eigenvalue weighted by atomic mass is 127. The van der Waals surface area contributed by atoms with E-state index in [0.717, 1.165) is 16.4 Å². The minimum Gasteiger partial charge on any atom is -0.349 e. The van der Waals surface area contributed by atoms with Crippen LogP contribution in [0.3, 0.4) is 0 Å². The minimum absolute atomic E-state index is 0. The molecule has 3 nitrogen and oxygen atoms in total. The Labute approximate surface area is 143 Å². The van der Waals surface area contributed by atoms with E-state index in [2.05, 4.69) is 33.2 Å². The number of hydrogen-bond acceptors (Lipinski definition) is 2. The molecule has 2 fully saturated rings. The van der Waals surface area contributed by atoms with Gasteiger partial charge < -0.3 is 10.6 Å². The highest BCUT2D eigenvalue weighted by Crippen LogP contribution is 2.27. The van der Waals surface area contributed by atoms with Crippen molar-refractivity contribution in [3.8, 4) is 0 Å². The number of carbonyl (C=O) groups excluding carboxylic acids is 1. The Kier molecular flexibility index (Phi) is 5.56. The fourth-order valence-electron chi connectivity index (χ4n) is 3.08. The van der Waals surface area contributed by atoms with Crippen LogP contribution in [0.4, 0.5) is 0 Å². The van der Waals surface area contributed by atoms with E-state index in [-0.39, 0.29) is 18.3 Å². The van der Waals surface area contributed by atoms with E-state index in [0.29, 0.717) is 28.7 Å². The molecule has 2 saturated heterocycles. The van der Waals surface area contributed by atoms with Crippen molar-refractivity contribution in [2.45, 2.75) is 43.8 Å². The first-order chi connectivity index (χ1) is 9.11. The lowest BCUT2D eigenvalue weighted by atomic mass is 9.99. The summed E-state index contributed by atoms with van der Waals surface area (Å²) in [6.45, 7) is 0. The highest BCUT2D eigenvalue weighted by Gasteiger charge is 2.34. The summed E-state index contributed by atoms with van der Waals surface area (Å²) in [7, 11) is 0. The van der Waals surface area contributed by atoms with Gasteiger partial charge in [0, 0.05) is 27.3 Å². The maximum absolute atomic E-state index is 12.2. The molecule has 1 amide bonds. The zero-order chi connectivity index (χ0) is 13.4. The van der Waals surface area contributed by atoms with Crippen LogP contribution in [0.2, 0.25) is 5.02 Å². The van der Waals surface area contributed by atoms with Crippen LogP contribution in [0.25, 0.3) is 0 Å². The van der Waals surface area contributed by atoms with Crippen LogP contribution >= 0.6 is 46.6 Å². The number of carbonyl (C=O) groups is 1.